The fourth-order valence-corrected chi connectivity index (χ4v) is 6.48. The summed E-state index contributed by atoms with van der Waals surface area (Å²) in [4.78, 5) is 4.32. The zero-order valence-electron chi connectivity index (χ0n) is 21.6. The van der Waals surface area contributed by atoms with Gasteiger partial charge in [0, 0.05) is 30.4 Å². The number of rotatable bonds is 11. The van der Waals surface area contributed by atoms with Crippen LogP contribution in [0.4, 0.5) is 0 Å². The van der Waals surface area contributed by atoms with Gasteiger partial charge in [0.05, 0.1) is 0 Å². The molecule has 0 N–H and O–H groups in total. The normalized spacial score (nSPS) is 12.0. The van der Waals surface area contributed by atoms with Crippen LogP contribution in [0.2, 0.25) is 0 Å². The van der Waals surface area contributed by atoms with Crippen LogP contribution >= 0.6 is 8.58 Å². The Morgan fingerprint density at radius 3 is 2.06 bits per heavy atom. The summed E-state index contributed by atoms with van der Waals surface area (Å²) in [6.07, 6.45) is 4.91. The number of hydrogen-bond donors (Lipinski definition) is 0. The lowest BCUT2D eigenvalue weighted by atomic mass is 9.89. The second-order valence-corrected chi connectivity index (χ2v) is 10.9. The lowest BCUT2D eigenvalue weighted by molar-refractivity contribution is 0.295. The number of ether oxygens (including phenoxy) is 1. The second-order valence-electron chi connectivity index (χ2n) is 9.12. The predicted octanol–water partition coefficient (Wildman–Crippen LogP) is 7.92. The number of para-hydroxylation sites is 1. The maximum absolute atomic E-state index is 6.73. The zero-order chi connectivity index (χ0) is 25.2. The van der Waals surface area contributed by atoms with Crippen LogP contribution < -0.4 is 10.0 Å². The molecular formula is C33H36NOP. The smallest absolute Gasteiger partial charge is 0.127 e. The zero-order valence-corrected chi connectivity index (χ0v) is 22.6. The number of benzene rings is 4. The van der Waals surface area contributed by atoms with Crippen molar-refractivity contribution in [1.29, 1.82) is 0 Å². The SMILES string of the molecule is CCC(CC)(Pc1ccccc1C=NC)c1cccc(Cc2ccccc2)c1OCc1ccccc1. The van der Waals surface area contributed by atoms with Gasteiger partial charge in [0.2, 0.25) is 0 Å². The highest BCUT2D eigenvalue weighted by Gasteiger charge is 2.33. The van der Waals surface area contributed by atoms with Crippen molar-refractivity contribution in [2.45, 2.75) is 44.9 Å². The van der Waals surface area contributed by atoms with Crippen LogP contribution in [-0.2, 0) is 18.2 Å². The second kappa shape index (κ2) is 12.7. The topological polar surface area (TPSA) is 21.6 Å². The lowest BCUT2D eigenvalue weighted by Gasteiger charge is -2.35. The van der Waals surface area contributed by atoms with Gasteiger partial charge in [-0.15, -0.1) is 0 Å². The first-order valence-electron chi connectivity index (χ1n) is 12.8. The van der Waals surface area contributed by atoms with E-state index in [1.165, 1.54) is 33.1 Å². The summed E-state index contributed by atoms with van der Waals surface area (Å²) in [5.41, 5.74) is 6.25. The molecule has 0 saturated carbocycles. The van der Waals surface area contributed by atoms with Crippen molar-refractivity contribution in [3.05, 3.63) is 131 Å². The first kappa shape index (κ1) is 25.9. The van der Waals surface area contributed by atoms with Gasteiger partial charge in [-0.05, 0) is 40.4 Å². The maximum atomic E-state index is 6.73. The van der Waals surface area contributed by atoms with Crippen LogP contribution in [0.1, 0.15) is 54.5 Å². The molecule has 3 heteroatoms. The fourth-order valence-electron chi connectivity index (χ4n) is 4.81. The van der Waals surface area contributed by atoms with E-state index in [4.69, 9.17) is 4.74 Å². The third kappa shape index (κ3) is 6.12. The van der Waals surface area contributed by atoms with E-state index in [-0.39, 0.29) is 5.16 Å². The highest BCUT2D eigenvalue weighted by Crippen LogP contribution is 2.51. The maximum Gasteiger partial charge on any atom is 0.127 e. The van der Waals surface area contributed by atoms with Gasteiger partial charge >= 0.3 is 0 Å². The first-order chi connectivity index (χ1) is 17.7. The van der Waals surface area contributed by atoms with Gasteiger partial charge in [0.25, 0.3) is 0 Å². The Labute approximate surface area is 218 Å². The Morgan fingerprint density at radius 2 is 1.39 bits per heavy atom. The van der Waals surface area contributed by atoms with Crippen molar-refractivity contribution in [3.8, 4) is 5.75 Å². The van der Waals surface area contributed by atoms with E-state index in [9.17, 15) is 0 Å². The van der Waals surface area contributed by atoms with E-state index in [0.717, 1.165) is 25.0 Å². The Bertz CT molecular complexity index is 1260. The van der Waals surface area contributed by atoms with Gasteiger partial charge < -0.3 is 4.74 Å². The van der Waals surface area contributed by atoms with Crippen molar-refractivity contribution >= 4 is 20.1 Å². The molecule has 0 amide bonds. The number of aliphatic imine (C=N–C) groups is 1. The van der Waals surface area contributed by atoms with Crippen LogP contribution in [-0.4, -0.2) is 13.3 Å². The molecule has 2 nitrogen and oxygen atoms in total. The van der Waals surface area contributed by atoms with E-state index >= 15 is 0 Å². The van der Waals surface area contributed by atoms with E-state index in [1.54, 1.807) is 0 Å². The molecule has 0 aliphatic heterocycles. The highest BCUT2D eigenvalue weighted by atomic mass is 31.1. The van der Waals surface area contributed by atoms with Crippen LogP contribution in [0.25, 0.3) is 0 Å². The monoisotopic (exact) mass is 493 g/mol. The van der Waals surface area contributed by atoms with Crippen LogP contribution in [0, 0.1) is 0 Å². The summed E-state index contributed by atoms with van der Waals surface area (Å²) in [6.45, 7) is 5.20. The van der Waals surface area contributed by atoms with Gasteiger partial charge in [-0.25, -0.2) is 0 Å². The quantitative estimate of drug-likeness (QED) is 0.154. The van der Waals surface area contributed by atoms with Crippen LogP contribution in [0.15, 0.2) is 108 Å². The summed E-state index contributed by atoms with van der Waals surface area (Å²) in [7, 11) is 2.45. The largest absolute Gasteiger partial charge is 0.488 e. The molecule has 1 atom stereocenters. The molecule has 0 fully saturated rings. The Hall–Kier alpha value is -3.22. The number of nitrogens with zero attached hydrogens (tertiary/aromatic N) is 1. The summed E-state index contributed by atoms with van der Waals surface area (Å²) in [5, 5.41) is 1.34. The Kier molecular flexibility index (Phi) is 9.09. The molecule has 0 radical (unpaired) electrons. The summed E-state index contributed by atoms with van der Waals surface area (Å²) >= 11 is 0. The molecule has 0 heterocycles. The molecule has 4 aromatic rings. The van der Waals surface area contributed by atoms with Gasteiger partial charge in [-0.1, -0.05) is 126 Å². The third-order valence-electron chi connectivity index (χ3n) is 6.89. The molecule has 1 unspecified atom stereocenters. The summed E-state index contributed by atoms with van der Waals surface area (Å²) < 4.78 is 6.73. The Balaban J connectivity index is 1.79. The molecular weight excluding hydrogens is 457 g/mol. The van der Waals surface area contributed by atoms with E-state index < -0.39 is 0 Å². The van der Waals surface area contributed by atoms with Gasteiger partial charge in [-0.3, -0.25) is 4.99 Å². The van der Waals surface area contributed by atoms with Gasteiger partial charge in [-0.2, -0.15) is 0 Å². The fraction of sp³-hybridized carbons (Fsp3) is 0.242. The van der Waals surface area contributed by atoms with E-state index in [2.05, 4.69) is 122 Å². The Morgan fingerprint density at radius 1 is 0.750 bits per heavy atom. The molecule has 184 valence electrons. The minimum atomic E-state index is -0.0175. The van der Waals surface area contributed by atoms with Crippen molar-refractivity contribution in [1.82, 2.24) is 0 Å². The van der Waals surface area contributed by atoms with Crippen molar-refractivity contribution in [2.75, 3.05) is 7.05 Å². The van der Waals surface area contributed by atoms with Crippen LogP contribution in [0.5, 0.6) is 5.75 Å². The average Bonchev–Trinajstić information content (AvgIpc) is 2.93. The van der Waals surface area contributed by atoms with Gasteiger partial charge in [0.15, 0.2) is 0 Å². The molecule has 0 spiro atoms. The molecule has 0 aromatic heterocycles. The van der Waals surface area contributed by atoms with Gasteiger partial charge in [0.1, 0.15) is 12.4 Å². The van der Waals surface area contributed by atoms with Crippen molar-refractivity contribution in [2.24, 2.45) is 4.99 Å². The minimum absolute atomic E-state index is 0.0175. The summed E-state index contributed by atoms with van der Waals surface area (Å²) in [6, 6.07) is 36.6. The molecule has 4 aromatic carbocycles. The van der Waals surface area contributed by atoms with Crippen molar-refractivity contribution in [3.63, 3.8) is 0 Å². The molecule has 36 heavy (non-hydrogen) atoms. The van der Waals surface area contributed by atoms with E-state index in [0.29, 0.717) is 15.2 Å². The lowest BCUT2D eigenvalue weighted by Crippen LogP contribution is -2.24. The minimum Gasteiger partial charge on any atom is -0.488 e. The van der Waals surface area contributed by atoms with Crippen molar-refractivity contribution < 1.29 is 4.74 Å². The third-order valence-corrected chi connectivity index (χ3v) is 9.07. The summed E-state index contributed by atoms with van der Waals surface area (Å²) in [5.74, 6) is 1.04. The highest BCUT2D eigenvalue weighted by molar-refractivity contribution is 7.48. The molecule has 4 rings (SSSR count). The van der Waals surface area contributed by atoms with Crippen LogP contribution in [0.3, 0.4) is 0 Å². The first-order valence-corrected chi connectivity index (χ1v) is 13.8. The molecule has 0 saturated heterocycles. The molecule has 0 bridgehead atoms. The predicted molar refractivity (Wildman–Crippen MR) is 157 cm³/mol. The molecule has 0 aliphatic carbocycles. The number of hydrogen-bond acceptors (Lipinski definition) is 2. The standard InChI is InChI=1S/C33H36NOP/c1-4-33(5-2,36-31-22-13-12-19-29(31)24-34-3)30-21-14-20-28(23-26-15-8-6-9-16-26)32(30)35-25-27-17-10-7-11-18-27/h6-22,24,36H,4-5,23,25H2,1-3H3. The average molecular weight is 494 g/mol. The van der Waals surface area contributed by atoms with E-state index in [1.807, 2.05) is 13.3 Å². The molecule has 0 aliphatic rings.